The van der Waals surface area contributed by atoms with Crippen molar-refractivity contribution in [1.29, 1.82) is 0 Å². The van der Waals surface area contributed by atoms with Gasteiger partial charge in [-0.3, -0.25) is 9.80 Å². The Morgan fingerprint density at radius 2 is 0.967 bits per heavy atom. The van der Waals surface area contributed by atoms with E-state index in [2.05, 4.69) is 119 Å². The monoisotopic (exact) mass is 432 g/mol. The molecule has 0 saturated carbocycles. The molecule has 0 aliphatic rings. The predicted octanol–water partition coefficient (Wildman–Crippen LogP) is 7.57. The Morgan fingerprint density at radius 1 is 0.600 bits per heavy atom. The van der Waals surface area contributed by atoms with Gasteiger partial charge in [0.1, 0.15) is 0 Å². The minimum atomic E-state index is 0. The van der Waals surface area contributed by atoms with Crippen molar-refractivity contribution in [1.82, 2.24) is 14.7 Å². The van der Waals surface area contributed by atoms with Gasteiger partial charge in [-0.2, -0.15) is 0 Å². The van der Waals surface area contributed by atoms with Gasteiger partial charge in [0.05, 0.1) is 6.67 Å². The Hall–Kier alpha value is -0.120. The molecule has 0 aliphatic carbocycles. The summed E-state index contributed by atoms with van der Waals surface area (Å²) in [6.45, 7) is 32.2. The molecule has 0 atom stereocenters. The lowest BCUT2D eigenvalue weighted by atomic mass is 9.81. The summed E-state index contributed by atoms with van der Waals surface area (Å²) in [7, 11) is 6.65. The van der Waals surface area contributed by atoms with E-state index in [-0.39, 0.29) is 20.4 Å². The predicted molar refractivity (Wildman–Crippen MR) is 144 cm³/mol. The van der Waals surface area contributed by atoms with E-state index in [1.807, 2.05) is 0 Å². The van der Waals surface area contributed by atoms with Crippen LogP contribution in [0.1, 0.15) is 104 Å². The first-order chi connectivity index (χ1) is 12.2. The summed E-state index contributed by atoms with van der Waals surface area (Å²) in [6.07, 6.45) is 1.21. The highest BCUT2D eigenvalue weighted by molar-refractivity contribution is 4.84. The first-order valence-corrected chi connectivity index (χ1v) is 11.3. The summed E-state index contributed by atoms with van der Waals surface area (Å²) in [5.41, 5.74) is 1.07. The zero-order chi connectivity index (χ0) is 22.9. The maximum absolute atomic E-state index is 2.47. The van der Waals surface area contributed by atoms with Crippen molar-refractivity contribution in [3.05, 3.63) is 0 Å². The molecule has 0 amide bonds. The largest absolute Gasteiger partial charge is 0.306 e. The quantitative estimate of drug-likeness (QED) is 0.348. The zero-order valence-electron chi connectivity index (χ0n) is 22.5. The Kier molecular flexibility index (Phi) is 19.4. The molecule has 0 unspecified atom stereocenters. The molecule has 0 aromatic rings. The summed E-state index contributed by atoms with van der Waals surface area (Å²) in [5, 5.41) is 0. The smallest absolute Gasteiger partial charge is 0.0505 e. The second-order valence-electron chi connectivity index (χ2n) is 13.0. The van der Waals surface area contributed by atoms with Crippen LogP contribution in [0.15, 0.2) is 0 Å². The summed E-state index contributed by atoms with van der Waals surface area (Å²) < 4.78 is 0. The zero-order valence-corrected chi connectivity index (χ0v) is 22.5. The van der Waals surface area contributed by atoms with E-state index < -0.39 is 0 Å². The van der Waals surface area contributed by atoms with Crippen LogP contribution in [0.5, 0.6) is 0 Å². The molecule has 0 aromatic heterocycles. The van der Waals surface area contributed by atoms with Crippen molar-refractivity contribution < 1.29 is 0 Å². The summed E-state index contributed by atoms with van der Waals surface area (Å²) in [4.78, 5) is 7.29. The van der Waals surface area contributed by atoms with Crippen LogP contribution in [0.4, 0.5) is 0 Å². The van der Waals surface area contributed by atoms with Crippen LogP contribution < -0.4 is 0 Å². The van der Waals surface area contributed by atoms with Gasteiger partial charge in [-0.05, 0) is 64.1 Å². The molecule has 3 nitrogen and oxygen atoms in total. The molecule has 0 heterocycles. The minimum Gasteiger partial charge on any atom is -0.306 e. The Morgan fingerprint density at radius 3 is 1.27 bits per heavy atom. The highest BCUT2D eigenvalue weighted by Gasteiger charge is 2.29. The van der Waals surface area contributed by atoms with E-state index in [0.29, 0.717) is 10.8 Å². The van der Waals surface area contributed by atoms with Gasteiger partial charge in [-0.15, -0.1) is 0 Å². The van der Waals surface area contributed by atoms with E-state index in [1.54, 1.807) is 0 Å². The molecular formula is C27H65N3. The normalized spacial score (nSPS) is 12.8. The van der Waals surface area contributed by atoms with Gasteiger partial charge in [0.25, 0.3) is 0 Å². The molecule has 0 spiro atoms. The molecule has 0 radical (unpaired) electrons. The van der Waals surface area contributed by atoms with Crippen LogP contribution in [0.25, 0.3) is 0 Å². The topological polar surface area (TPSA) is 9.72 Å². The van der Waals surface area contributed by atoms with Crippen LogP contribution in [-0.2, 0) is 0 Å². The second kappa shape index (κ2) is 15.6. The van der Waals surface area contributed by atoms with Crippen molar-refractivity contribution in [2.45, 2.75) is 110 Å². The Bertz CT molecular complexity index is 386. The molecule has 0 rings (SSSR count). The lowest BCUT2D eigenvalue weighted by Gasteiger charge is -2.42. The summed E-state index contributed by atoms with van der Waals surface area (Å²) in [6, 6.07) is 0. The van der Waals surface area contributed by atoms with Crippen LogP contribution in [0.3, 0.4) is 0 Å². The third-order valence-corrected chi connectivity index (χ3v) is 4.55. The maximum Gasteiger partial charge on any atom is 0.0505 e. The number of hydrogen-bond donors (Lipinski definition) is 0. The highest BCUT2D eigenvalue weighted by Crippen LogP contribution is 2.30. The molecule has 0 fully saturated rings. The molecule has 0 aromatic carbocycles. The fourth-order valence-electron chi connectivity index (χ4n) is 4.17. The molecule has 0 bridgehead atoms. The Labute approximate surface area is 195 Å². The summed E-state index contributed by atoms with van der Waals surface area (Å²) >= 11 is 0. The van der Waals surface area contributed by atoms with Gasteiger partial charge in [0.15, 0.2) is 0 Å². The van der Waals surface area contributed by atoms with Gasteiger partial charge in [0, 0.05) is 25.2 Å². The first kappa shape index (κ1) is 37.2. The van der Waals surface area contributed by atoms with Crippen LogP contribution in [-0.4, -0.2) is 67.7 Å². The average Bonchev–Trinajstić information content (AvgIpc) is 2.31. The van der Waals surface area contributed by atoms with E-state index in [1.165, 1.54) is 19.5 Å². The van der Waals surface area contributed by atoms with Gasteiger partial charge in [0.2, 0.25) is 0 Å². The fourth-order valence-corrected chi connectivity index (χ4v) is 4.17. The molecule has 0 saturated heterocycles. The van der Waals surface area contributed by atoms with E-state index in [0.717, 1.165) is 25.0 Å². The van der Waals surface area contributed by atoms with Gasteiger partial charge < -0.3 is 4.90 Å². The molecule has 0 N–H and O–H groups in total. The molecule has 3 heteroatoms. The first-order valence-electron chi connectivity index (χ1n) is 11.3. The second-order valence-corrected chi connectivity index (χ2v) is 13.0. The minimum absolute atomic E-state index is 0. The van der Waals surface area contributed by atoms with Crippen LogP contribution in [0.2, 0.25) is 0 Å². The van der Waals surface area contributed by atoms with E-state index >= 15 is 0 Å². The third-order valence-electron chi connectivity index (χ3n) is 4.55. The molecular weight excluding hydrogens is 366 g/mol. The van der Waals surface area contributed by atoms with E-state index in [4.69, 9.17) is 0 Å². The van der Waals surface area contributed by atoms with Crippen molar-refractivity contribution >= 4 is 0 Å². The summed E-state index contributed by atoms with van der Waals surface area (Å²) in [5.74, 6) is 1.52. The number of hydrogen-bond acceptors (Lipinski definition) is 3. The lowest BCUT2D eigenvalue weighted by Crippen LogP contribution is -2.48. The molecule has 188 valence electrons. The van der Waals surface area contributed by atoms with Crippen molar-refractivity contribution in [3.63, 3.8) is 0 Å². The van der Waals surface area contributed by atoms with Crippen LogP contribution in [0, 0.1) is 22.7 Å². The van der Waals surface area contributed by atoms with Crippen LogP contribution >= 0.6 is 0 Å². The van der Waals surface area contributed by atoms with Crippen molar-refractivity contribution in [3.8, 4) is 0 Å². The maximum atomic E-state index is 2.47. The van der Waals surface area contributed by atoms with Gasteiger partial charge in [-0.25, -0.2) is 0 Å². The highest BCUT2D eigenvalue weighted by atomic mass is 15.3. The lowest BCUT2D eigenvalue weighted by molar-refractivity contribution is 0.0509. The third kappa shape index (κ3) is 24.2. The van der Waals surface area contributed by atoms with Crippen molar-refractivity contribution in [2.75, 3.05) is 47.4 Å². The fraction of sp³-hybridized carbons (Fsp3) is 1.00. The van der Waals surface area contributed by atoms with Gasteiger partial charge in [-0.1, -0.05) is 84.1 Å². The Balaban J connectivity index is -0.000000228. The SMILES string of the molecule is C.C.CC(C)CN(C)CC(C)(C)C.CC(C)CN(C)CN(C)C(C)(C)CC(C)(C)C. The standard InChI is InChI=1S/C15H34N2.C10H23N.2CH4/c1-13(2)10-16(8)12-17(9)15(6,7)11-14(3,4)5;1-9(2)7-11(6)8-10(3,4)5;;/h13H,10-12H2,1-9H3;9H,7-8H2,1-6H3;2*1H4. The number of nitrogens with zero attached hydrogens (tertiary/aromatic N) is 3. The molecule has 0 aliphatic heterocycles. The average molecular weight is 432 g/mol. The van der Waals surface area contributed by atoms with Crippen molar-refractivity contribution in [2.24, 2.45) is 22.7 Å². The number of rotatable bonds is 9. The van der Waals surface area contributed by atoms with Gasteiger partial charge >= 0.3 is 0 Å². The van der Waals surface area contributed by atoms with E-state index in [9.17, 15) is 0 Å². The molecule has 30 heavy (non-hydrogen) atoms.